The average molecular weight is 322 g/mol. The summed E-state index contributed by atoms with van der Waals surface area (Å²) >= 11 is 0.984. The summed E-state index contributed by atoms with van der Waals surface area (Å²) in [5, 5.41) is 4.42. The van der Waals surface area contributed by atoms with Crippen LogP contribution in [0.3, 0.4) is 0 Å². The van der Waals surface area contributed by atoms with Crippen molar-refractivity contribution in [2.24, 2.45) is 5.41 Å². The number of nitrogens with one attached hydrogen (secondary N) is 1. The fourth-order valence-corrected chi connectivity index (χ4v) is 4.76. The molecule has 19 heavy (non-hydrogen) atoms. The van der Waals surface area contributed by atoms with Crippen molar-refractivity contribution in [2.45, 2.75) is 37.3 Å². The summed E-state index contributed by atoms with van der Waals surface area (Å²) in [7, 11) is 1.54. The van der Waals surface area contributed by atoms with E-state index in [1.165, 1.54) is 6.42 Å². The second kappa shape index (κ2) is 5.07. The highest BCUT2D eigenvalue weighted by molar-refractivity contribution is 8.15. The first-order valence-corrected chi connectivity index (χ1v) is 9.23. The molecule has 1 saturated carbocycles. The van der Waals surface area contributed by atoms with E-state index >= 15 is 0 Å². The molecule has 106 valence electrons. The fraction of sp³-hybridized carbons (Fsp3) is 0.583. The monoisotopic (exact) mass is 321 g/mol. The molecule has 1 amide bonds. The largest absolute Gasteiger partial charge is 0.351 e. The van der Waals surface area contributed by atoms with Crippen molar-refractivity contribution >= 4 is 37.0 Å². The standard InChI is InChI=1S/C12H16ClNO3S2/c1-8-9(6-18-11(8)19(13,16)17)10(15)14-7-12(2)4-3-5-12/h6H,3-5,7H2,1-2H3,(H,14,15). The van der Waals surface area contributed by atoms with Crippen molar-refractivity contribution in [3.63, 3.8) is 0 Å². The number of halogens is 1. The van der Waals surface area contributed by atoms with Gasteiger partial charge in [0.2, 0.25) is 0 Å². The van der Waals surface area contributed by atoms with Gasteiger partial charge in [-0.3, -0.25) is 4.79 Å². The summed E-state index contributed by atoms with van der Waals surface area (Å²) in [5.74, 6) is -0.228. The van der Waals surface area contributed by atoms with Gasteiger partial charge in [0.1, 0.15) is 4.21 Å². The minimum atomic E-state index is -3.77. The molecule has 0 radical (unpaired) electrons. The molecule has 0 atom stereocenters. The van der Waals surface area contributed by atoms with Crippen LogP contribution >= 0.6 is 22.0 Å². The Hall–Kier alpha value is -0.590. The van der Waals surface area contributed by atoms with Crippen molar-refractivity contribution in [3.8, 4) is 0 Å². The van der Waals surface area contributed by atoms with E-state index < -0.39 is 9.05 Å². The van der Waals surface area contributed by atoms with E-state index in [1.54, 1.807) is 12.3 Å². The Balaban J connectivity index is 2.10. The molecule has 1 heterocycles. The molecule has 0 saturated heterocycles. The highest BCUT2D eigenvalue weighted by Crippen LogP contribution is 2.39. The quantitative estimate of drug-likeness (QED) is 0.867. The van der Waals surface area contributed by atoms with E-state index in [0.717, 1.165) is 24.2 Å². The lowest BCUT2D eigenvalue weighted by molar-refractivity contribution is 0.0890. The van der Waals surface area contributed by atoms with Crippen molar-refractivity contribution in [1.29, 1.82) is 0 Å². The van der Waals surface area contributed by atoms with Gasteiger partial charge in [0.15, 0.2) is 0 Å². The summed E-state index contributed by atoms with van der Waals surface area (Å²) < 4.78 is 22.7. The first kappa shape index (κ1) is 14.8. The highest BCUT2D eigenvalue weighted by atomic mass is 35.7. The van der Waals surface area contributed by atoms with Gasteiger partial charge in [-0.2, -0.15) is 0 Å². The zero-order chi connectivity index (χ0) is 14.3. The Morgan fingerprint density at radius 1 is 1.53 bits per heavy atom. The molecule has 1 aliphatic carbocycles. The SMILES string of the molecule is Cc1c(C(=O)NCC2(C)CCC2)csc1S(=O)(=O)Cl. The lowest BCUT2D eigenvalue weighted by Gasteiger charge is -2.38. The molecule has 7 heteroatoms. The molecule has 1 fully saturated rings. The third kappa shape index (κ3) is 3.12. The van der Waals surface area contributed by atoms with Crippen molar-refractivity contribution in [3.05, 3.63) is 16.5 Å². The minimum Gasteiger partial charge on any atom is -0.351 e. The minimum absolute atomic E-state index is 0.0502. The van der Waals surface area contributed by atoms with Gasteiger partial charge in [-0.05, 0) is 30.7 Å². The van der Waals surface area contributed by atoms with Gasteiger partial charge in [0.05, 0.1) is 5.56 Å². The van der Waals surface area contributed by atoms with Crippen LogP contribution in [0, 0.1) is 12.3 Å². The van der Waals surface area contributed by atoms with Gasteiger partial charge >= 0.3 is 0 Å². The molecule has 1 aliphatic rings. The number of carbonyl (C=O) groups excluding carboxylic acids is 1. The predicted octanol–water partition coefficient (Wildman–Crippen LogP) is 2.90. The lowest BCUT2D eigenvalue weighted by atomic mass is 9.70. The Labute approximate surface area is 121 Å². The Morgan fingerprint density at radius 3 is 2.58 bits per heavy atom. The maximum absolute atomic E-state index is 12.1. The second-order valence-electron chi connectivity index (χ2n) is 5.35. The van der Waals surface area contributed by atoms with Gasteiger partial charge < -0.3 is 5.32 Å². The van der Waals surface area contributed by atoms with E-state index in [0.29, 0.717) is 17.7 Å². The molecule has 0 aromatic carbocycles. The molecule has 2 rings (SSSR count). The third-order valence-electron chi connectivity index (χ3n) is 3.70. The van der Waals surface area contributed by atoms with Crippen LogP contribution in [0.25, 0.3) is 0 Å². The number of carbonyl (C=O) groups is 1. The maximum atomic E-state index is 12.1. The first-order valence-electron chi connectivity index (χ1n) is 6.04. The number of amides is 1. The van der Waals surface area contributed by atoms with Crippen LogP contribution in [0.4, 0.5) is 0 Å². The topological polar surface area (TPSA) is 63.2 Å². The molecule has 1 aromatic heterocycles. The van der Waals surface area contributed by atoms with Crippen LogP contribution in [0.1, 0.15) is 42.1 Å². The summed E-state index contributed by atoms with van der Waals surface area (Å²) in [4.78, 5) is 12.1. The second-order valence-corrected chi connectivity index (χ2v) is 8.99. The van der Waals surface area contributed by atoms with Crippen LogP contribution in [0.15, 0.2) is 9.59 Å². The third-order valence-corrected chi connectivity index (χ3v) is 7.00. The summed E-state index contributed by atoms with van der Waals surface area (Å²) in [5.41, 5.74) is 1.02. The molecule has 0 spiro atoms. The van der Waals surface area contributed by atoms with Gasteiger partial charge in [0.25, 0.3) is 15.0 Å². The molecular weight excluding hydrogens is 306 g/mol. The summed E-state index contributed by atoms with van der Waals surface area (Å²) in [6.45, 7) is 4.38. The number of hydrogen-bond acceptors (Lipinski definition) is 4. The van der Waals surface area contributed by atoms with E-state index in [2.05, 4.69) is 12.2 Å². The lowest BCUT2D eigenvalue weighted by Crippen LogP contribution is -2.40. The maximum Gasteiger partial charge on any atom is 0.271 e. The molecule has 0 bridgehead atoms. The smallest absolute Gasteiger partial charge is 0.271 e. The van der Waals surface area contributed by atoms with Gasteiger partial charge in [-0.15, -0.1) is 11.3 Å². The first-order chi connectivity index (χ1) is 8.73. The predicted molar refractivity (Wildman–Crippen MR) is 76.4 cm³/mol. The molecular formula is C12H16ClNO3S2. The van der Waals surface area contributed by atoms with E-state index in [1.807, 2.05) is 0 Å². The average Bonchev–Trinajstić information content (AvgIpc) is 2.65. The van der Waals surface area contributed by atoms with E-state index in [9.17, 15) is 13.2 Å². The van der Waals surface area contributed by atoms with Crippen molar-refractivity contribution in [1.82, 2.24) is 5.32 Å². The number of hydrogen-bond donors (Lipinski definition) is 1. The molecule has 1 aromatic rings. The molecule has 0 aliphatic heterocycles. The zero-order valence-electron chi connectivity index (χ0n) is 10.8. The molecule has 4 nitrogen and oxygen atoms in total. The number of rotatable bonds is 4. The Bertz CT molecular complexity index is 602. The molecule has 1 N–H and O–H groups in total. The highest BCUT2D eigenvalue weighted by Gasteiger charge is 2.32. The van der Waals surface area contributed by atoms with Crippen LogP contribution < -0.4 is 5.32 Å². The van der Waals surface area contributed by atoms with Gasteiger partial charge in [0, 0.05) is 22.6 Å². The Kier molecular flexibility index (Phi) is 3.95. The van der Waals surface area contributed by atoms with E-state index in [-0.39, 0.29) is 15.5 Å². The fourth-order valence-electron chi connectivity index (χ4n) is 2.21. The molecule has 0 unspecified atom stereocenters. The Morgan fingerprint density at radius 2 is 2.16 bits per heavy atom. The van der Waals surface area contributed by atoms with Crippen molar-refractivity contribution < 1.29 is 13.2 Å². The van der Waals surface area contributed by atoms with E-state index in [4.69, 9.17) is 10.7 Å². The van der Waals surface area contributed by atoms with Crippen molar-refractivity contribution in [2.75, 3.05) is 6.54 Å². The van der Waals surface area contributed by atoms with Crippen LogP contribution in [-0.4, -0.2) is 20.9 Å². The zero-order valence-corrected chi connectivity index (χ0v) is 13.2. The van der Waals surface area contributed by atoms with Gasteiger partial charge in [-0.25, -0.2) is 8.42 Å². The number of thiophene rings is 1. The summed E-state index contributed by atoms with van der Waals surface area (Å²) in [6.07, 6.45) is 3.45. The normalized spacial score (nSPS) is 17.8. The van der Waals surface area contributed by atoms with Crippen LogP contribution in [-0.2, 0) is 9.05 Å². The van der Waals surface area contributed by atoms with Gasteiger partial charge in [-0.1, -0.05) is 13.3 Å². The van der Waals surface area contributed by atoms with Crippen LogP contribution in [0.5, 0.6) is 0 Å². The summed E-state index contributed by atoms with van der Waals surface area (Å²) in [6, 6.07) is 0. The van der Waals surface area contributed by atoms with Crippen LogP contribution in [0.2, 0.25) is 0 Å².